The molecular formula is C17H24ClNOSi. The van der Waals surface area contributed by atoms with Gasteiger partial charge in [-0.3, -0.25) is 0 Å². The van der Waals surface area contributed by atoms with Crippen LogP contribution in [-0.2, 0) is 4.43 Å². The van der Waals surface area contributed by atoms with Crippen molar-refractivity contribution in [2.24, 2.45) is 5.73 Å². The molecule has 0 fully saturated rings. The first-order valence-corrected chi connectivity index (χ1v) is 10.5. The maximum absolute atomic E-state index is 6.45. The van der Waals surface area contributed by atoms with Crippen LogP contribution in [0.1, 0.15) is 19.3 Å². The van der Waals surface area contributed by atoms with Gasteiger partial charge in [0.15, 0.2) is 0 Å². The number of hydrogen-bond donors (Lipinski definition) is 1. The lowest BCUT2D eigenvalue weighted by atomic mass is 10.00. The molecule has 0 amide bonds. The van der Waals surface area contributed by atoms with Crippen LogP contribution in [0.15, 0.2) is 54.3 Å². The van der Waals surface area contributed by atoms with Crippen LogP contribution in [0.3, 0.4) is 0 Å². The Morgan fingerprint density at radius 2 is 2.10 bits per heavy atom. The highest BCUT2D eigenvalue weighted by molar-refractivity contribution is 6.90. The van der Waals surface area contributed by atoms with Crippen LogP contribution in [0.2, 0.25) is 6.55 Å². The first kappa shape index (κ1) is 16.5. The Labute approximate surface area is 133 Å². The summed E-state index contributed by atoms with van der Waals surface area (Å²) in [5.41, 5.74) is 9.87. The van der Waals surface area contributed by atoms with Gasteiger partial charge in [-0.05, 0) is 36.6 Å². The van der Waals surface area contributed by atoms with Crippen molar-refractivity contribution in [2.45, 2.75) is 38.0 Å². The van der Waals surface area contributed by atoms with Crippen LogP contribution in [0.4, 0.5) is 0 Å². The van der Waals surface area contributed by atoms with Gasteiger partial charge in [-0.1, -0.05) is 42.1 Å². The third-order valence-corrected chi connectivity index (χ3v) is 7.43. The van der Waals surface area contributed by atoms with E-state index >= 15 is 0 Å². The molecule has 1 aromatic rings. The van der Waals surface area contributed by atoms with E-state index < -0.39 is 8.32 Å². The van der Waals surface area contributed by atoms with E-state index in [2.05, 4.69) is 43.1 Å². The molecular weight excluding hydrogens is 298 g/mol. The molecule has 0 saturated heterocycles. The number of nitrogens with two attached hydrogens (primary N) is 1. The predicted molar refractivity (Wildman–Crippen MR) is 93.4 cm³/mol. The van der Waals surface area contributed by atoms with Crippen LogP contribution in [0.25, 0.3) is 0 Å². The van der Waals surface area contributed by atoms with Crippen molar-refractivity contribution in [1.29, 1.82) is 0 Å². The molecule has 0 bridgehead atoms. The summed E-state index contributed by atoms with van der Waals surface area (Å²) < 4.78 is 6.45. The Morgan fingerprint density at radius 3 is 2.71 bits per heavy atom. The van der Waals surface area contributed by atoms with Gasteiger partial charge in [0.1, 0.15) is 0 Å². The quantitative estimate of drug-likeness (QED) is 0.362. The summed E-state index contributed by atoms with van der Waals surface area (Å²) >= 11 is 5.78. The summed E-state index contributed by atoms with van der Waals surface area (Å²) in [6, 6.07) is 10.3. The SMILES string of the molecule is C=C[C@H](N)[C@H]1O[Si](C)(c2ccccc2)C=C1CCCCCl. The van der Waals surface area contributed by atoms with Crippen LogP contribution in [-0.4, -0.2) is 26.3 Å². The molecule has 3 atom stereocenters. The zero-order valence-corrected chi connectivity index (χ0v) is 14.4. The van der Waals surface area contributed by atoms with E-state index in [1.807, 2.05) is 6.07 Å². The van der Waals surface area contributed by atoms with E-state index in [1.54, 1.807) is 6.08 Å². The largest absolute Gasteiger partial charge is 0.400 e. The minimum absolute atomic E-state index is 0.0327. The van der Waals surface area contributed by atoms with Crippen LogP contribution in [0.5, 0.6) is 0 Å². The minimum atomic E-state index is -2.05. The van der Waals surface area contributed by atoms with Gasteiger partial charge < -0.3 is 10.2 Å². The number of hydrogen-bond acceptors (Lipinski definition) is 2. The Bertz CT molecular complexity index is 505. The topological polar surface area (TPSA) is 35.2 Å². The van der Waals surface area contributed by atoms with Gasteiger partial charge in [-0.2, -0.15) is 0 Å². The highest BCUT2D eigenvalue weighted by atomic mass is 35.5. The number of rotatable bonds is 7. The van der Waals surface area contributed by atoms with Crippen LogP contribution >= 0.6 is 11.6 Å². The Hall–Kier alpha value is -0.873. The smallest absolute Gasteiger partial charge is 0.246 e. The van der Waals surface area contributed by atoms with Crippen molar-refractivity contribution < 1.29 is 4.43 Å². The van der Waals surface area contributed by atoms with Gasteiger partial charge in [0.05, 0.1) is 12.1 Å². The van der Waals surface area contributed by atoms with Crippen molar-refractivity contribution in [2.75, 3.05) is 5.88 Å². The number of benzene rings is 1. The van der Waals surface area contributed by atoms with Crippen molar-refractivity contribution in [1.82, 2.24) is 0 Å². The molecule has 0 aliphatic carbocycles. The van der Waals surface area contributed by atoms with Gasteiger partial charge in [0.25, 0.3) is 0 Å². The molecule has 2 nitrogen and oxygen atoms in total. The molecule has 0 radical (unpaired) electrons. The lowest BCUT2D eigenvalue weighted by Gasteiger charge is -2.26. The number of halogens is 1. The normalized spacial score (nSPS) is 26.4. The zero-order valence-electron chi connectivity index (χ0n) is 12.6. The molecule has 21 heavy (non-hydrogen) atoms. The molecule has 4 heteroatoms. The number of alkyl halides is 1. The fourth-order valence-electron chi connectivity index (χ4n) is 2.82. The van der Waals surface area contributed by atoms with Crippen LogP contribution in [0, 0.1) is 0 Å². The molecule has 1 aromatic carbocycles. The molecule has 2 N–H and O–H groups in total. The number of unbranched alkanes of at least 4 members (excludes halogenated alkanes) is 1. The van der Waals surface area contributed by atoms with Gasteiger partial charge in [-0.15, -0.1) is 18.2 Å². The van der Waals surface area contributed by atoms with Crippen molar-refractivity contribution in [3.05, 3.63) is 54.3 Å². The molecule has 1 unspecified atom stereocenters. The third-order valence-electron chi connectivity index (χ3n) is 4.02. The molecule has 0 aromatic heterocycles. The van der Waals surface area contributed by atoms with Gasteiger partial charge in [-0.25, -0.2) is 0 Å². The predicted octanol–water partition coefficient (Wildman–Crippen LogP) is 3.26. The van der Waals surface area contributed by atoms with Gasteiger partial charge in [0, 0.05) is 5.88 Å². The second kappa shape index (κ2) is 7.41. The summed E-state index contributed by atoms with van der Waals surface area (Å²) in [5.74, 6) is 0.708. The molecule has 1 heterocycles. The minimum Gasteiger partial charge on any atom is -0.400 e. The van der Waals surface area contributed by atoms with Gasteiger partial charge in [0.2, 0.25) is 8.32 Å². The monoisotopic (exact) mass is 321 g/mol. The average molecular weight is 322 g/mol. The van der Waals surface area contributed by atoms with E-state index in [9.17, 15) is 0 Å². The third kappa shape index (κ3) is 3.86. The maximum atomic E-state index is 6.45. The first-order chi connectivity index (χ1) is 10.1. The summed E-state index contributed by atoms with van der Waals surface area (Å²) in [7, 11) is -2.05. The van der Waals surface area contributed by atoms with Crippen molar-refractivity contribution in [3.63, 3.8) is 0 Å². The summed E-state index contributed by atoms with van der Waals surface area (Å²) in [4.78, 5) is 0. The highest BCUT2D eigenvalue weighted by Crippen LogP contribution is 2.30. The molecule has 2 rings (SSSR count). The average Bonchev–Trinajstić information content (AvgIpc) is 2.86. The second-order valence-electron chi connectivity index (χ2n) is 5.69. The second-order valence-corrected chi connectivity index (χ2v) is 9.38. The lowest BCUT2D eigenvalue weighted by molar-refractivity contribution is 0.229. The molecule has 0 spiro atoms. The zero-order chi connectivity index (χ0) is 15.3. The summed E-state index contributed by atoms with van der Waals surface area (Å²) in [6.07, 6.45) is 4.87. The summed E-state index contributed by atoms with van der Waals surface area (Å²) in [6.45, 7) is 6.05. The molecule has 0 saturated carbocycles. The van der Waals surface area contributed by atoms with E-state index in [0.717, 1.165) is 19.3 Å². The van der Waals surface area contributed by atoms with Gasteiger partial charge >= 0.3 is 0 Å². The Morgan fingerprint density at radius 1 is 1.38 bits per heavy atom. The Balaban J connectivity index is 2.23. The molecule has 1 aliphatic heterocycles. The summed E-state index contributed by atoms with van der Waals surface area (Å²) in [5, 5.41) is 1.29. The van der Waals surface area contributed by atoms with E-state index in [-0.39, 0.29) is 12.1 Å². The Kier molecular flexibility index (Phi) is 5.82. The van der Waals surface area contributed by atoms with Crippen molar-refractivity contribution in [3.8, 4) is 0 Å². The van der Waals surface area contributed by atoms with E-state index in [4.69, 9.17) is 21.8 Å². The van der Waals surface area contributed by atoms with E-state index in [1.165, 1.54) is 10.8 Å². The lowest BCUT2D eigenvalue weighted by Crippen LogP contribution is -2.48. The standard InChI is InChI=1S/C17H24ClNOSi/c1-3-16(19)17-14(9-7-8-12-18)13-21(2,20-17)15-10-5-4-6-11-15/h3-6,10-11,13,16-17H,1,7-9,12,19H2,2H3/t16-,17-,21?/m0/s1. The highest BCUT2D eigenvalue weighted by Gasteiger charge is 2.41. The van der Waals surface area contributed by atoms with Crippen LogP contribution < -0.4 is 10.9 Å². The van der Waals surface area contributed by atoms with E-state index in [0.29, 0.717) is 5.88 Å². The molecule has 1 aliphatic rings. The van der Waals surface area contributed by atoms with Crippen molar-refractivity contribution >= 4 is 25.1 Å². The molecule has 114 valence electrons. The maximum Gasteiger partial charge on any atom is 0.246 e. The fraction of sp³-hybridized carbons (Fsp3) is 0.412. The first-order valence-electron chi connectivity index (χ1n) is 7.50. The fourth-order valence-corrected chi connectivity index (χ4v) is 6.08.